The van der Waals surface area contributed by atoms with E-state index in [1.54, 1.807) is 0 Å². The van der Waals surface area contributed by atoms with Gasteiger partial charge in [-0.2, -0.15) is 0 Å². The van der Waals surface area contributed by atoms with Crippen LogP contribution in [0.5, 0.6) is 0 Å². The van der Waals surface area contributed by atoms with Gasteiger partial charge in [0.15, 0.2) is 0 Å². The zero-order valence-corrected chi connectivity index (χ0v) is 7.38. The lowest BCUT2D eigenvalue weighted by Crippen LogP contribution is -1.95. The van der Waals surface area contributed by atoms with E-state index in [1.165, 1.54) is 5.39 Å². The molecule has 68 valence electrons. The number of aromatic amines is 1. The van der Waals surface area contributed by atoms with E-state index >= 15 is 0 Å². The highest BCUT2D eigenvalue weighted by molar-refractivity contribution is 5.81. The molecule has 3 nitrogen and oxygen atoms in total. The van der Waals surface area contributed by atoms with Gasteiger partial charge in [-0.25, -0.2) is 0 Å². The molecule has 13 heavy (non-hydrogen) atoms. The fourth-order valence-corrected chi connectivity index (χ4v) is 1.48. The Morgan fingerprint density at radius 1 is 1.08 bits per heavy atom. The van der Waals surface area contributed by atoms with Gasteiger partial charge in [-0.15, -0.1) is 0 Å². The van der Waals surface area contributed by atoms with Gasteiger partial charge in [0, 0.05) is 29.7 Å². The largest absolute Gasteiger partial charge is 0.357 e. The van der Waals surface area contributed by atoms with Gasteiger partial charge in [-0.05, 0) is 23.8 Å². The second-order valence-electron chi connectivity index (χ2n) is 3.12. The van der Waals surface area contributed by atoms with Gasteiger partial charge < -0.3 is 16.5 Å². The maximum absolute atomic E-state index is 5.55. The lowest BCUT2D eigenvalue weighted by Gasteiger charge is -1.94. The minimum Gasteiger partial charge on any atom is -0.357 e. The van der Waals surface area contributed by atoms with Crippen LogP contribution in [0.3, 0.4) is 0 Å². The van der Waals surface area contributed by atoms with E-state index in [4.69, 9.17) is 11.5 Å². The number of nitrogens with one attached hydrogen (secondary N) is 1. The molecule has 5 N–H and O–H groups in total. The van der Waals surface area contributed by atoms with Crippen molar-refractivity contribution in [3.05, 3.63) is 35.5 Å². The number of aromatic nitrogens is 1. The van der Waals surface area contributed by atoms with E-state index in [1.807, 2.05) is 12.1 Å². The summed E-state index contributed by atoms with van der Waals surface area (Å²) in [5.74, 6) is 0. The first kappa shape index (κ1) is 8.29. The first-order chi connectivity index (χ1) is 6.33. The summed E-state index contributed by atoms with van der Waals surface area (Å²) in [6.07, 6.45) is 0. The molecular formula is C10H13N3. The van der Waals surface area contributed by atoms with Crippen LogP contribution in [0.4, 0.5) is 0 Å². The Morgan fingerprint density at radius 3 is 2.62 bits per heavy atom. The quantitative estimate of drug-likeness (QED) is 0.639. The standard InChI is InChI=1S/C10H13N3/c11-5-7-1-2-10-8(3-7)4-9(6-12)13-10/h1-4,13H,5-6,11-12H2. The van der Waals surface area contributed by atoms with Gasteiger partial charge in [-0.1, -0.05) is 6.07 Å². The second kappa shape index (κ2) is 3.20. The smallest absolute Gasteiger partial charge is 0.0456 e. The van der Waals surface area contributed by atoms with E-state index in [0.29, 0.717) is 13.1 Å². The van der Waals surface area contributed by atoms with Gasteiger partial charge in [-0.3, -0.25) is 0 Å². The van der Waals surface area contributed by atoms with Crippen molar-refractivity contribution in [1.29, 1.82) is 0 Å². The highest BCUT2D eigenvalue weighted by Gasteiger charge is 1.99. The van der Waals surface area contributed by atoms with Crippen LogP contribution >= 0.6 is 0 Å². The van der Waals surface area contributed by atoms with Crippen molar-refractivity contribution in [2.75, 3.05) is 0 Å². The first-order valence-electron chi connectivity index (χ1n) is 4.34. The Balaban J connectivity index is 2.57. The van der Waals surface area contributed by atoms with Gasteiger partial charge in [0.05, 0.1) is 0 Å². The summed E-state index contributed by atoms with van der Waals surface area (Å²) in [5, 5.41) is 1.18. The van der Waals surface area contributed by atoms with Crippen molar-refractivity contribution in [1.82, 2.24) is 4.98 Å². The Kier molecular flexibility index (Phi) is 2.04. The number of hydrogen-bond acceptors (Lipinski definition) is 2. The zero-order chi connectivity index (χ0) is 9.26. The Morgan fingerprint density at radius 2 is 1.92 bits per heavy atom. The summed E-state index contributed by atoms with van der Waals surface area (Å²) in [6, 6.07) is 8.22. The molecule has 1 aromatic carbocycles. The molecule has 0 saturated carbocycles. The van der Waals surface area contributed by atoms with Crippen molar-refractivity contribution in [2.24, 2.45) is 11.5 Å². The predicted octanol–water partition coefficient (Wildman–Crippen LogP) is 1.09. The van der Waals surface area contributed by atoms with Gasteiger partial charge in [0.2, 0.25) is 0 Å². The van der Waals surface area contributed by atoms with Gasteiger partial charge >= 0.3 is 0 Å². The first-order valence-corrected chi connectivity index (χ1v) is 4.34. The molecular weight excluding hydrogens is 162 g/mol. The van der Waals surface area contributed by atoms with E-state index in [2.05, 4.69) is 17.1 Å². The monoisotopic (exact) mass is 175 g/mol. The minimum atomic E-state index is 0.548. The molecule has 0 spiro atoms. The molecule has 0 radical (unpaired) electrons. The number of rotatable bonds is 2. The van der Waals surface area contributed by atoms with Crippen molar-refractivity contribution >= 4 is 10.9 Å². The van der Waals surface area contributed by atoms with E-state index < -0.39 is 0 Å². The van der Waals surface area contributed by atoms with Crippen LogP contribution in [0.15, 0.2) is 24.3 Å². The average Bonchev–Trinajstić information content (AvgIpc) is 2.58. The lowest BCUT2D eigenvalue weighted by molar-refractivity contribution is 1.02. The molecule has 0 aliphatic carbocycles. The number of hydrogen-bond donors (Lipinski definition) is 3. The highest BCUT2D eigenvalue weighted by Crippen LogP contribution is 2.16. The topological polar surface area (TPSA) is 67.8 Å². The van der Waals surface area contributed by atoms with Crippen LogP contribution in [0.1, 0.15) is 11.3 Å². The normalized spacial score (nSPS) is 10.9. The molecule has 1 heterocycles. The van der Waals surface area contributed by atoms with Crippen LogP contribution in [-0.4, -0.2) is 4.98 Å². The van der Waals surface area contributed by atoms with Crippen LogP contribution < -0.4 is 11.5 Å². The van der Waals surface area contributed by atoms with Crippen LogP contribution in [0.25, 0.3) is 10.9 Å². The minimum absolute atomic E-state index is 0.548. The molecule has 0 saturated heterocycles. The van der Waals surface area contributed by atoms with Crippen molar-refractivity contribution < 1.29 is 0 Å². The lowest BCUT2D eigenvalue weighted by atomic mass is 10.1. The van der Waals surface area contributed by atoms with E-state index in [9.17, 15) is 0 Å². The second-order valence-corrected chi connectivity index (χ2v) is 3.12. The Hall–Kier alpha value is -1.32. The number of benzene rings is 1. The highest BCUT2D eigenvalue weighted by atomic mass is 14.7. The molecule has 2 rings (SSSR count). The third kappa shape index (κ3) is 1.43. The number of H-pyrrole nitrogens is 1. The van der Waals surface area contributed by atoms with E-state index in [0.717, 1.165) is 16.8 Å². The van der Waals surface area contributed by atoms with Crippen molar-refractivity contribution in [2.45, 2.75) is 13.1 Å². The molecule has 3 heteroatoms. The molecule has 0 amide bonds. The summed E-state index contributed by atoms with van der Waals surface area (Å²) >= 11 is 0. The molecule has 1 aromatic heterocycles. The molecule has 0 bridgehead atoms. The fraction of sp³-hybridized carbons (Fsp3) is 0.200. The average molecular weight is 175 g/mol. The molecule has 0 aliphatic rings. The zero-order valence-electron chi connectivity index (χ0n) is 7.38. The van der Waals surface area contributed by atoms with Crippen LogP contribution in [-0.2, 0) is 13.1 Å². The summed E-state index contributed by atoms with van der Waals surface area (Å²) < 4.78 is 0. The third-order valence-electron chi connectivity index (χ3n) is 2.20. The van der Waals surface area contributed by atoms with Gasteiger partial charge in [0.1, 0.15) is 0 Å². The summed E-state index contributed by atoms with van der Waals surface area (Å²) in [7, 11) is 0. The van der Waals surface area contributed by atoms with Crippen LogP contribution in [0.2, 0.25) is 0 Å². The fourth-order valence-electron chi connectivity index (χ4n) is 1.48. The van der Waals surface area contributed by atoms with Crippen molar-refractivity contribution in [3.63, 3.8) is 0 Å². The Labute approximate surface area is 76.7 Å². The molecule has 2 aromatic rings. The van der Waals surface area contributed by atoms with E-state index in [-0.39, 0.29) is 0 Å². The number of fused-ring (bicyclic) bond motifs is 1. The summed E-state index contributed by atoms with van der Waals surface area (Å²) in [4.78, 5) is 3.23. The molecule has 0 atom stereocenters. The Bertz CT molecular complexity index is 415. The van der Waals surface area contributed by atoms with Crippen molar-refractivity contribution in [3.8, 4) is 0 Å². The summed E-state index contributed by atoms with van der Waals surface area (Å²) in [5.41, 5.74) is 14.4. The maximum atomic E-state index is 5.55. The molecule has 0 aliphatic heterocycles. The maximum Gasteiger partial charge on any atom is 0.0456 e. The predicted molar refractivity (Wildman–Crippen MR) is 54.1 cm³/mol. The SMILES string of the molecule is NCc1ccc2[nH]c(CN)cc2c1. The molecule has 0 fully saturated rings. The molecule has 0 unspecified atom stereocenters. The summed E-state index contributed by atoms with van der Waals surface area (Å²) in [6.45, 7) is 1.13. The van der Waals surface area contributed by atoms with Gasteiger partial charge in [0.25, 0.3) is 0 Å². The third-order valence-corrected chi connectivity index (χ3v) is 2.20. The van der Waals surface area contributed by atoms with Crippen LogP contribution in [0, 0.1) is 0 Å². The number of nitrogens with two attached hydrogens (primary N) is 2.